The van der Waals surface area contributed by atoms with Gasteiger partial charge in [-0.3, -0.25) is 19.8 Å². The minimum absolute atomic E-state index is 0.00655. The number of nitrogens with zero attached hydrogens (tertiary/aromatic N) is 1. The molecule has 0 heterocycles. The standard InChI is InChI=1S/C17H23N3O4/c1-3-10-18-17(23)19-15(21)13-20(11-9-16(22)24-2)12-14-7-5-4-6-8-14/h3-8H,1,9-13H2,2H3,(H2,18,19,21,23). The number of nitrogens with one attached hydrogen (secondary N) is 2. The van der Waals surface area contributed by atoms with Crippen molar-refractivity contribution in [3.63, 3.8) is 0 Å². The molecule has 0 unspecified atom stereocenters. The van der Waals surface area contributed by atoms with E-state index >= 15 is 0 Å². The zero-order valence-electron chi connectivity index (χ0n) is 13.8. The lowest BCUT2D eigenvalue weighted by atomic mass is 10.2. The Hall–Kier alpha value is -2.67. The van der Waals surface area contributed by atoms with Gasteiger partial charge >= 0.3 is 12.0 Å². The van der Waals surface area contributed by atoms with Gasteiger partial charge in [0.25, 0.3) is 0 Å². The SMILES string of the molecule is C=CCNC(=O)NC(=O)CN(CCC(=O)OC)Cc1ccccc1. The summed E-state index contributed by atoms with van der Waals surface area (Å²) in [5, 5.41) is 4.70. The molecule has 1 aromatic rings. The Bertz CT molecular complexity index is 560. The molecule has 0 fully saturated rings. The number of hydrogen-bond acceptors (Lipinski definition) is 5. The second kappa shape index (κ2) is 11.0. The van der Waals surface area contributed by atoms with E-state index in [1.165, 1.54) is 13.2 Å². The fourth-order valence-corrected chi connectivity index (χ4v) is 1.99. The van der Waals surface area contributed by atoms with Gasteiger partial charge in [0.2, 0.25) is 5.91 Å². The minimum atomic E-state index is -0.576. The maximum Gasteiger partial charge on any atom is 0.321 e. The van der Waals surface area contributed by atoms with Gasteiger partial charge < -0.3 is 10.1 Å². The van der Waals surface area contributed by atoms with Crippen molar-refractivity contribution < 1.29 is 19.1 Å². The summed E-state index contributed by atoms with van der Waals surface area (Å²) >= 11 is 0. The predicted molar refractivity (Wildman–Crippen MR) is 90.1 cm³/mol. The molecule has 1 rings (SSSR count). The van der Waals surface area contributed by atoms with Crippen LogP contribution in [0.25, 0.3) is 0 Å². The summed E-state index contributed by atoms with van der Waals surface area (Å²) in [7, 11) is 1.32. The van der Waals surface area contributed by atoms with Gasteiger partial charge in [-0.25, -0.2) is 4.79 Å². The molecular formula is C17H23N3O4. The van der Waals surface area contributed by atoms with Crippen LogP contribution in [0.2, 0.25) is 0 Å². The Balaban J connectivity index is 2.59. The maximum atomic E-state index is 12.0. The summed E-state index contributed by atoms with van der Waals surface area (Å²) in [6.07, 6.45) is 1.68. The van der Waals surface area contributed by atoms with Crippen LogP contribution in [0.5, 0.6) is 0 Å². The Labute approximate surface area is 141 Å². The van der Waals surface area contributed by atoms with Gasteiger partial charge in [0.05, 0.1) is 20.1 Å². The number of carbonyl (C=O) groups is 3. The quantitative estimate of drug-likeness (QED) is 0.521. The number of imide groups is 1. The molecule has 0 bridgehead atoms. The third-order valence-electron chi connectivity index (χ3n) is 3.14. The van der Waals surface area contributed by atoms with Crippen molar-refractivity contribution in [1.82, 2.24) is 15.5 Å². The van der Waals surface area contributed by atoms with Crippen LogP contribution in [0.15, 0.2) is 43.0 Å². The van der Waals surface area contributed by atoms with Crippen LogP contribution in [-0.2, 0) is 20.9 Å². The van der Waals surface area contributed by atoms with Crippen molar-refractivity contribution in [2.45, 2.75) is 13.0 Å². The number of rotatable bonds is 9. The van der Waals surface area contributed by atoms with Crippen molar-refractivity contribution in [2.75, 3.05) is 26.7 Å². The lowest BCUT2D eigenvalue weighted by molar-refractivity contribution is -0.141. The van der Waals surface area contributed by atoms with Gasteiger partial charge in [0, 0.05) is 19.6 Å². The first-order valence-electron chi connectivity index (χ1n) is 7.56. The molecule has 7 heteroatoms. The molecular weight excluding hydrogens is 310 g/mol. The first-order chi connectivity index (χ1) is 11.5. The van der Waals surface area contributed by atoms with E-state index in [4.69, 9.17) is 0 Å². The van der Waals surface area contributed by atoms with E-state index in [0.717, 1.165) is 5.56 Å². The molecule has 7 nitrogen and oxygen atoms in total. The van der Waals surface area contributed by atoms with Crippen LogP contribution in [0, 0.1) is 0 Å². The van der Waals surface area contributed by atoms with E-state index in [0.29, 0.717) is 13.1 Å². The number of methoxy groups -OCH3 is 1. The second-order valence-corrected chi connectivity index (χ2v) is 5.07. The van der Waals surface area contributed by atoms with Crippen molar-refractivity contribution >= 4 is 17.9 Å². The van der Waals surface area contributed by atoms with Crippen LogP contribution < -0.4 is 10.6 Å². The van der Waals surface area contributed by atoms with Crippen molar-refractivity contribution in [2.24, 2.45) is 0 Å². The molecule has 2 N–H and O–H groups in total. The molecule has 0 saturated carbocycles. The first kappa shape index (κ1) is 19.4. The Morgan fingerprint density at radius 1 is 1.25 bits per heavy atom. The average molecular weight is 333 g/mol. The number of carbonyl (C=O) groups excluding carboxylic acids is 3. The number of urea groups is 1. The molecule has 130 valence electrons. The van der Waals surface area contributed by atoms with E-state index < -0.39 is 11.9 Å². The van der Waals surface area contributed by atoms with Crippen molar-refractivity contribution in [3.8, 4) is 0 Å². The summed E-state index contributed by atoms with van der Waals surface area (Å²) in [6, 6.07) is 8.99. The molecule has 24 heavy (non-hydrogen) atoms. The number of ether oxygens (including phenoxy) is 1. The molecule has 0 aliphatic heterocycles. The molecule has 0 spiro atoms. The number of benzene rings is 1. The van der Waals surface area contributed by atoms with Gasteiger partial charge in [-0.05, 0) is 5.56 Å². The molecule has 1 aromatic carbocycles. The maximum absolute atomic E-state index is 12.0. The van der Waals surface area contributed by atoms with E-state index in [-0.39, 0.29) is 25.5 Å². The smallest absolute Gasteiger partial charge is 0.321 e. The Morgan fingerprint density at radius 3 is 2.58 bits per heavy atom. The first-order valence-corrected chi connectivity index (χ1v) is 7.56. The summed E-state index contributed by atoms with van der Waals surface area (Å²) in [5.74, 6) is -0.797. The summed E-state index contributed by atoms with van der Waals surface area (Å²) in [4.78, 5) is 36.6. The zero-order chi connectivity index (χ0) is 17.8. The third-order valence-corrected chi connectivity index (χ3v) is 3.14. The van der Waals surface area contributed by atoms with Crippen LogP contribution in [-0.4, -0.2) is 49.6 Å². The van der Waals surface area contributed by atoms with Crippen LogP contribution in [0.1, 0.15) is 12.0 Å². The van der Waals surface area contributed by atoms with Gasteiger partial charge in [0.1, 0.15) is 0 Å². The highest BCUT2D eigenvalue weighted by Crippen LogP contribution is 2.05. The number of amides is 3. The predicted octanol–water partition coefficient (Wildman–Crippen LogP) is 1.06. The number of esters is 1. The largest absolute Gasteiger partial charge is 0.469 e. The third kappa shape index (κ3) is 8.09. The number of hydrogen-bond donors (Lipinski definition) is 2. The zero-order valence-corrected chi connectivity index (χ0v) is 13.8. The summed E-state index contributed by atoms with van der Waals surface area (Å²) in [6.45, 7) is 4.58. The Kier molecular flexibility index (Phi) is 8.85. The van der Waals surface area contributed by atoms with Crippen LogP contribution in [0.4, 0.5) is 4.79 Å². The summed E-state index contributed by atoms with van der Waals surface area (Å²) in [5.41, 5.74) is 1.01. The average Bonchev–Trinajstić information content (AvgIpc) is 2.58. The van der Waals surface area contributed by atoms with Gasteiger partial charge in [-0.15, -0.1) is 6.58 Å². The highest BCUT2D eigenvalue weighted by Gasteiger charge is 2.15. The topological polar surface area (TPSA) is 87.7 Å². The fourth-order valence-electron chi connectivity index (χ4n) is 1.99. The monoisotopic (exact) mass is 333 g/mol. The van der Waals surface area contributed by atoms with Crippen LogP contribution in [0.3, 0.4) is 0 Å². The molecule has 3 amide bonds. The van der Waals surface area contributed by atoms with Gasteiger partial charge in [-0.1, -0.05) is 36.4 Å². The molecule has 0 atom stereocenters. The second-order valence-electron chi connectivity index (χ2n) is 5.07. The Morgan fingerprint density at radius 2 is 1.96 bits per heavy atom. The molecule has 0 saturated heterocycles. The van der Waals surface area contributed by atoms with Gasteiger partial charge in [0.15, 0.2) is 0 Å². The van der Waals surface area contributed by atoms with E-state index in [2.05, 4.69) is 21.9 Å². The van der Waals surface area contributed by atoms with Gasteiger partial charge in [-0.2, -0.15) is 0 Å². The van der Waals surface area contributed by atoms with Crippen LogP contribution >= 0.6 is 0 Å². The highest BCUT2D eigenvalue weighted by molar-refractivity contribution is 5.95. The van der Waals surface area contributed by atoms with Crippen molar-refractivity contribution in [3.05, 3.63) is 48.6 Å². The fraction of sp³-hybridized carbons (Fsp3) is 0.353. The minimum Gasteiger partial charge on any atom is -0.469 e. The molecule has 0 aromatic heterocycles. The lowest BCUT2D eigenvalue weighted by Crippen LogP contribution is -2.44. The molecule has 0 radical (unpaired) electrons. The molecule has 0 aliphatic carbocycles. The van der Waals surface area contributed by atoms with Crippen molar-refractivity contribution in [1.29, 1.82) is 0 Å². The normalized spacial score (nSPS) is 10.1. The van der Waals surface area contributed by atoms with E-state index in [9.17, 15) is 14.4 Å². The van der Waals surface area contributed by atoms with E-state index in [1.54, 1.807) is 4.90 Å². The van der Waals surface area contributed by atoms with E-state index in [1.807, 2.05) is 30.3 Å². The highest BCUT2D eigenvalue weighted by atomic mass is 16.5. The lowest BCUT2D eigenvalue weighted by Gasteiger charge is -2.21. The molecule has 0 aliphatic rings. The summed E-state index contributed by atoms with van der Waals surface area (Å²) < 4.78 is 4.62.